The van der Waals surface area contributed by atoms with E-state index in [1.54, 1.807) is 14.2 Å². The van der Waals surface area contributed by atoms with Crippen LogP contribution in [0.3, 0.4) is 0 Å². The van der Waals surface area contributed by atoms with Crippen molar-refractivity contribution < 1.29 is 9.47 Å². The van der Waals surface area contributed by atoms with Crippen LogP contribution in [-0.2, 0) is 11.3 Å². The molecule has 6 nitrogen and oxygen atoms in total. The van der Waals surface area contributed by atoms with Gasteiger partial charge in [-0.1, -0.05) is 12.1 Å². The lowest BCUT2D eigenvalue weighted by molar-refractivity contribution is 0.142. The Morgan fingerprint density at radius 3 is 2.67 bits per heavy atom. The summed E-state index contributed by atoms with van der Waals surface area (Å²) in [7, 11) is 5.54. The Labute approximate surface area is 181 Å². The van der Waals surface area contributed by atoms with Gasteiger partial charge in [0.2, 0.25) is 0 Å². The van der Waals surface area contributed by atoms with Crippen LogP contribution in [0.2, 0.25) is 0 Å². The zero-order chi connectivity index (χ0) is 18.8. The number of methoxy groups -OCH3 is 2. The van der Waals surface area contributed by atoms with E-state index < -0.39 is 0 Å². The molecule has 0 aliphatic carbocycles. The van der Waals surface area contributed by atoms with Crippen LogP contribution in [0.25, 0.3) is 0 Å². The predicted octanol–water partition coefficient (Wildman–Crippen LogP) is 2.82. The Morgan fingerprint density at radius 2 is 2.04 bits per heavy atom. The Kier molecular flexibility index (Phi) is 11.7. The molecule has 0 spiro atoms. The second kappa shape index (κ2) is 13.2. The third-order valence-electron chi connectivity index (χ3n) is 4.81. The molecular formula is C20H35IN4O2. The minimum absolute atomic E-state index is 0. The third-order valence-corrected chi connectivity index (χ3v) is 4.81. The molecule has 1 aliphatic rings. The van der Waals surface area contributed by atoms with Crippen molar-refractivity contribution in [3.63, 3.8) is 0 Å². The van der Waals surface area contributed by atoms with Crippen LogP contribution in [0.4, 0.5) is 0 Å². The number of rotatable bonds is 9. The van der Waals surface area contributed by atoms with Crippen molar-refractivity contribution in [2.75, 3.05) is 54.1 Å². The van der Waals surface area contributed by atoms with E-state index in [2.05, 4.69) is 41.2 Å². The van der Waals surface area contributed by atoms with Gasteiger partial charge >= 0.3 is 0 Å². The fourth-order valence-corrected chi connectivity index (χ4v) is 3.35. The molecule has 1 aromatic rings. The highest BCUT2D eigenvalue weighted by molar-refractivity contribution is 14.0. The minimum atomic E-state index is 0. The van der Waals surface area contributed by atoms with Crippen molar-refractivity contribution in [3.05, 3.63) is 29.8 Å². The Hall–Kier alpha value is -1.06. The van der Waals surface area contributed by atoms with Crippen LogP contribution in [-0.4, -0.2) is 75.9 Å². The molecule has 0 bridgehead atoms. The SMILES string of the molecule is CCNC(=NCC1CCCN1CCOC)N(C)Cc1ccc(OC)cc1.I. The summed E-state index contributed by atoms with van der Waals surface area (Å²) in [6.07, 6.45) is 2.47. The summed E-state index contributed by atoms with van der Waals surface area (Å²) in [6.45, 7) is 7.56. The molecule has 0 saturated carbocycles. The predicted molar refractivity (Wildman–Crippen MR) is 122 cm³/mol. The summed E-state index contributed by atoms with van der Waals surface area (Å²) >= 11 is 0. The van der Waals surface area contributed by atoms with E-state index in [0.717, 1.165) is 51.0 Å². The molecule has 1 N–H and O–H groups in total. The van der Waals surface area contributed by atoms with E-state index in [4.69, 9.17) is 14.5 Å². The first-order valence-electron chi connectivity index (χ1n) is 9.53. The van der Waals surface area contributed by atoms with Gasteiger partial charge in [-0.25, -0.2) is 0 Å². The van der Waals surface area contributed by atoms with Crippen molar-refractivity contribution >= 4 is 29.9 Å². The molecule has 1 heterocycles. The summed E-state index contributed by atoms with van der Waals surface area (Å²) in [5, 5.41) is 3.42. The summed E-state index contributed by atoms with van der Waals surface area (Å²) in [6, 6.07) is 8.72. The average molecular weight is 490 g/mol. The molecule has 0 amide bonds. The first-order chi connectivity index (χ1) is 12.7. The van der Waals surface area contributed by atoms with Crippen LogP contribution in [0, 0.1) is 0 Å². The fraction of sp³-hybridized carbons (Fsp3) is 0.650. The molecule has 0 aromatic heterocycles. The van der Waals surface area contributed by atoms with Crippen LogP contribution < -0.4 is 10.1 Å². The van der Waals surface area contributed by atoms with E-state index in [1.165, 1.54) is 18.4 Å². The largest absolute Gasteiger partial charge is 0.497 e. The summed E-state index contributed by atoms with van der Waals surface area (Å²) < 4.78 is 10.5. The lowest BCUT2D eigenvalue weighted by atomic mass is 10.2. The van der Waals surface area contributed by atoms with Crippen molar-refractivity contribution in [1.82, 2.24) is 15.1 Å². The monoisotopic (exact) mass is 490 g/mol. The Morgan fingerprint density at radius 1 is 1.30 bits per heavy atom. The van der Waals surface area contributed by atoms with E-state index >= 15 is 0 Å². The highest BCUT2D eigenvalue weighted by Crippen LogP contribution is 2.17. The summed E-state index contributed by atoms with van der Waals surface area (Å²) in [5.74, 6) is 1.84. The van der Waals surface area contributed by atoms with Gasteiger partial charge in [0, 0.05) is 39.8 Å². The van der Waals surface area contributed by atoms with Crippen LogP contribution in [0.5, 0.6) is 5.75 Å². The lowest BCUT2D eigenvalue weighted by Crippen LogP contribution is -2.40. The highest BCUT2D eigenvalue weighted by Gasteiger charge is 2.24. The van der Waals surface area contributed by atoms with Gasteiger partial charge in [-0.3, -0.25) is 9.89 Å². The standard InChI is InChI=1S/C20H34N4O2.HI/c1-5-21-20(22-15-18-7-6-12-24(18)13-14-25-3)23(2)16-17-8-10-19(26-4)11-9-17;/h8-11,18H,5-7,12-16H2,1-4H3,(H,21,22);1H. The van der Waals surface area contributed by atoms with Crippen molar-refractivity contribution in [2.24, 2.45) is 4.99 Å². The van der Waals surface area contributed by atoms with Gasteiger partial charge in [0.15, 0.2) is 5.96 Å². The number of aliphatic imine (C=N–C) groups is 1. The summed E-state index contributed by atoms with van der Waals surface area (Å²) in [5.41, 5.74) is 1.24. The van der Waals surface area contributed by atoms with Crippen LogP contribution >= 0.6 is 24.0 Å². The maximum atomic E-state index is 5.23. The topological polar surface area (TPSA) is 49.3 Å². The maximum absolute atomic E-state index is 5.23. The molecule has 1 aliphatic heterocycles. The lowest BCUT2D eigenvalue weighted by Gasteiger charge is -2.25. The van der Waals surface area contributed by atoms with Gasteiger partial charge in [-0.2, -0.15) is 0 Å². The van der Waals surface area contributed by atoms with Gasteiger partial charge in [0.05, 0.1) is 20.3 Å². The van der Waals surface area contributed by atoms with Gasteiger partial charge in [0.1, 0.15) is 5.75 Å². The molecule has 1 unspecified atom stereocenters. The number of likely N-dealkylation sites (tertiary alicyclic amines) is 1. The zero-order valence-electron chi connectivity index (χ0n) is 17.1. The third kappa shape index (κ3) is 7.83. The molecule has 2 rings (SSSR count). The van der Waals surface area contributed by atoms with E-state index in [0.29, 0.717) is 6.04 Å². The van der Waals surface area contributed by atoms with Crippen LogP contribution in [0.15, 0.2) is 29.3 Å². The second-order valence-corrected chi connectivity index (χ2v) is 6.72. The van der Waals surface area contributed by atoms with E-state index in [1.807, 2.05) is 12.1 Å². The van der Waals surface area contributed by atoms with Crippen molar-refractivity contribution in [2.45, 2.75) is 32.4 Å². The molecule has 27 heavy (non-hydrogen) atoms. The number of nitrogens with one attached hydrogen (secondary N) is 1. The minimum Gasteiger partial charge on any atom is -0.497 e. The fourth-order valence-electron chi connectivity index (χ4n) is 3.35. The first-order valence-corrected chi connectivity index (χ1v) is 9.53. The van der Waals surface area contributed by atoms with Crippen LogP contribution in [0.1, 0.15) is 25.3 Å². The van der Waals surface area contributed by atoms with Gasteiger partial charge in [0.25, 0.3) is 0 Å². The van der Waals surface area contributed by atoms with Gasteiger partial charge in [-0.15, -0.1) is 24.0 Å². The molecule has 7 heteroatoms. The second-order valence-electron chi connectivity index (χ2n) is 6.72. The number of hydrogen-bond acceptors (Lipinski definition) is 4. The molecule has 154 valence electrons. The first kappa shape index (κ1) is 24.0. The molecule has 1 fully saturated rings. The Balaban J connectivity index is 0.00000364. The quantitative estimate of drug-likeness (QED) is 0.328. The van der Waals surface area contributed by atoms with Gasteiger partial charge in [-0.05, 0) is 44.0 Å². The highest BCUT2D eigenvalue weighted by atomic mass is 127. The van der Waals surface area contributed by atoms with E-state index in [9.17, 15) is 0 Å². The molecular weight excluding hydrogens is 455 g/mol. The molecule has 1 saturated heterocycles. The number of ether oxygens (including phenoxy) is 2. The van der Waals surface area contributed by atoms with E-state index in [-0.39, 0.29) is 24.0 Å². The summed E-state index contributed by atoms with van der Waals surface area (Å²) in [4.78, 5) is 9.59. The Bertz CT molecular complexity index is 553. The number of benzene rings is 1. The number of nitrogens with zero attached hydrogens (tertiary/aromatic N) is 3. The normalized spacial score (nSPS) is 17.5. The number of halogens is 1. The number of guanidine groups is 1. The molecule has 1 atom stereocenters. The smallest absolute Gasteiger partial charge is 0.194 e. The van der Waals surface area contributed by atoms with Gasteiger partial charge < -0.3 is 19.7 Å². The number of hydrogen-bond donors (Lipinski definition) is 1. The van der Waals surface area contributed by atoms with Crippen molar-refractivity contribution in [1.29, 1.82) is 0 Å². The average Bonchev–Trinajstić information content (AvgIpc) is 3.11. The zero-order valence-corrected chi connectivity index (χ0v) is 19.4. The van der Waals surface area contributed by atoms with Crippen molar-refractivity contribution in [3.8, 4) is 5.75 Å². The molecule has 0 radical (unpaired) electrons. The maximum Gasteiger partial charge on any atom is 0.194 e. The molecule has 1 aromatic carbocycles.